The minimum absolute atomic E-state index is 0.00145. The third-order valence-corrected chi connectivity index (χ3v) is 6.46. The predicted octanol–water partition coefficient (Wildman–Crippen LogP) is 4.64. The highest BCUT2D eigenvalue weighted by molar-refractivity contribution is 5.83. The summed E-state index contributed by atoms with van der Waals surface area (Å²) in [6.07, 6.45) is 6.17. The second-order valence-electron chi connectivity index (χ2n) is 8.51. The first-order valence-corrected chi connectivity index (χ1v) is 11.7. The Morgan fingerprint density at radius 3 is 2.76 bits per heavy atom. The maximum Gasteiger partial charge on any atom is 0.311 e. The maximum atomic E-state index is 13.4. The number of para-hydroxylation sites is 1. The van der Waals surface area contributed by atoms with E-state index >= 15 is 0 Å². The van der Waals surface area contributed by atoms with Gasteiger partial charge < -0.3 is 18.8 Å². The number of carbonyl (C=O) groups excluding carboxylic acids is 2. The molecule has 2 aromatic heterocycles. The van der Waals surface area contributed by atoms with Crippen molar-refractivity contribution in [3.05, 3.63) is 71.5 Å². The van der Waals surface area contributed by atoms with Gasteiger partial charge in [-0.25, -0.2) is 0 Å². The third kappa shape index (κ3) is 4.49. The molecule has 34 heavy (non-hydrogen) atoms. The Morgan fingerprint density at radius 1 is 1.21 bits per heavy atom. The molecule has 2 atom stereocenters. The van der Waals surface area contributed by atoms with Crippen LogP contribution in [0.4, 0.5) is 0 Å². The van der Waals surface area contributed by atoms with Crippen molar-refractivity contribution >= 4 is 17.4 Å². The second kappa shape index (κ2) is 10.4. The van der Waals surface area contributed by atoms with Crippen molar-refractivity contribution in [1.82, 2.24) is 9.30 Å². The van der Waals surface area contributed by atoms with Gasteiger partial charge in [0.1, 0.15) is 18.4 Å². The van der Waals surface area contributed by atoms with Crippen LogP contribution in [0.5, 0.6) is 5.75 Å². The average Bonchev–Trinajstić information content (AvgIpc) is 3.23. The molecule has 1 saturated heterocycles. The van der Waals surface area contributed by atoms with Crippen LogP contribution in [0.15, 0.2) is 54.9 Å². The quantitative estimate of drug-likeness (QED) is 0.458. The number of likely N-dealkylation sites (tertiary alicyclic amines) is 1. The molecule has 3 aromatic rings. The number of rotatable bonds is 8. The van der Waals surface area contributed by atoms with Crippen LogP contribution in [0.3, 0.4) is 0 Å². The van der Waals surface area contributed by atoms with E-state index in [4.69, 9.17) is 9.47 Å². The molecule has 0 saturated carbocycles. The second-order valence-corrected chi connectivity index (χ2v) is 8.51. The van der Waals surface area contributed by atoms with Crippen LogP contribution in [-0.4, -0.2) is 34.8 Å². The highest BCUT2D eigenvalue weighted by Gasteiger charge is 2.42. The number of methoxy groups -OCH3 is 1. The van der Waals surface area contributed by atoms with Crippen LogP contribution in [-0.2, 0) is 20.9 Å². The van der Waals surface area contributed by atoms with Crippen molar-refractivity contribution in [3.63, 3.8) is 0 Å². The third-order valence-electron chi connectivity index (χ3n) is 6.46. The van der Waals surface area contributed by atoms with E-state index in [1.54, 1.807) is 7.11 Å². The van der Waals surface area contributed by atoms with Gasteiger partial charge in [-0.15, -0.1) is 0 Å². The first-order valence-electron chi connectivity index (χ1n) is 11.7. The molecular weight excluding hydrogens is 430 g/mol. The van der Waals surface area contributed by atoms with Gasteiger partial charge >= 0.3 is 5.97 Å². The van der Waals surface area contributed by atoms with Crippen molar-refractivity contribution in [2.45, 2.75) is 45.3 Å². The number of hydrogen-bond acceptors (Lipinski definition) is 5. The van der Waals surface area contributed by atoms with Crippen LogP contribution >= 0.6 is 0 Å². The van der Waals surface area contributed by atoms with Crippen LogP contribution in [0.1, 0.15) is 55.3 Å². The molecule has 1 amide bonds. The number of benzene rings is 1. The molecule has 7 heteroatoms. The summed E-state index contributed by atoms with van der Waals surface area (Å²) in [7, 11) is 1.59. The Hall–Kier alpha value is -3.79. The summed E-state index contributed by atoms with van der Waals surface area (Å²) in [5.41, 5.74) is 2.74. The van der Waals surface area contributed by atoms with Gasteiger partial charge in [0.25, 0.3) is 0 Å². The minimum Gasteiger partial charge on any atom is -0.496 e. The van der Waals surface area contributed by atoms with E-state index in [1.165, 1.54) is 0 Å². The van der Waals surface area contributed by atoms with E-state index in [-0.39, 0.29) is 18.5 Å². The normalized spacial score (nSPS) is 18.0. The Bertz CT molecular complexity index is 1230. The molecule has 1 aliphatic heterocycles. The Labute approximate surface area is 199 Å². The van der Waals surface area contributed by atoms with Crippen molar-refractivity contribution < 1.29 is 19.1 Å². The molecule has 176 valence electrons. The van der Waals surface area contributed by atoms with Crippen molar-refractivity contribution in [2.75, 3.05) is 13.7 Å². The molecular formula is C27H29N3O4. The Morgan fingerprint density at radius 2 is 2.00 bits per heavy atom. The van der Waals surface area contributed by atoms with Gasteiger partial charge in [0.15, 0.2) is 0 Å². The van der Waals surface area contributed by atoms with E-state index in [0.29, 0.717) is 36.3 Å². The molecule has 0 bridgehead atoms. The van der Waals surface area contributed by atoms with Gasteiger partial charge in [-0.3, -0.25) is 9.59 Å². The highest BCUT2D eigenvalue weighted by atomic mass is 16.5. The van der Waals surface area contributed by atoms with E-state index in [0.717, 1.165) is 23.9 Å². The number of fused-ring (bicyclic) bond motifs is 1. The molecule has 1 aliphatic rings. The zero-order valence-electron chi connectivity index (χ0n) is 19.6. The van der Waals surface area contributed by atoms with Crippen LogP contribution in [0.2, 0.25) is 0 Å². The number of esters is 1. The summed E-state index contributed by atoms with van der Waals surface area (Å²) >= 11 is 0. The fourth-order valence-corrected chi connectivity index (χ4v) is 4.76. The van der Waals surface area contributed by atoms with Crippen LogP contribution in [0.25, 0.3) is 5.52 Å². The van der Waals surface area contributed by atoms with E-state index in [2.05, 4.69) is 13.0 Å². The van der Waals surface area contributed by atoms with E-state index < -0.39 is 12.0 Å². The molecule has 1 fully saturated rings. The number of nitrogens with zero attached hydrogens (tertiary/aromatic N) is 3. The van der Waals surface area contributed by atoms with Gasteiger partial charge in [0, 0.05) is 36.5 Å². The van der Waals surface area contributed by atoms with Gasteiger partial charge in [-0.1, -0.05) is 37.6 Å². The molecule has 7 nitrogen and oxygen atoms in total. The SMILES string of the molecule is CCCCN1C(=O)CC[C@H](C(=O)OCc2cn3ccccc3c2C#N)[C@H]1c1ccccc1OC. The predicted molar refractivity (Wildman–Crippen MR) is 127 cm³/mol. The smallest absolute Gasteiger partial charge is 0.311 e. The molecule has 1 aromatic carbocycles. The Kier molecular flexibility index (Phi) is 7.17. The number of amides is 1. The fourth-order valence-electron chi connectivity index (χ4n) is 4.76. The molecule has 0 N–H and O–H groups in total. The first kappa shape index (κ1) is 23.4. The maximum absolute atomic E-state index is 13.4. The summed E-state index contributed by atoms with van der Waals surface area (Å²) in [5.74, 6) is -0.205. The number of carbonyl (C=O) groups is 2. The first-order chi connectivity index (χ1) is 16.6. The molecule has 4 rings (SSSR count). The molecule has 0 unspecified atom stereocenters. The van der Waals surface area contributed by atoms with Gasteiger partial charge in [0.05, 0.1) is 30.1 Å². The number of aromatic nitrogens is 1. The lowest BCUT2D eigenvalue weighted by Gasteiger charge is -2.40. The summed E-state index contributed by atoms with van der Waals surface area (Å²) in [4.78, 5) is 28.1. The number of ether oxygens (including phenoxy) is 2. The summed E-state index contributed by atoms with van der Waals surface area (Å²) in [5, 5.41) is 9.65. The molecule has 3 heterocycles. The lowest BCUT2D eigenvalue weighted by molar-refractivity contribution is -0.158. The van der Waals surface area contributed by atoms with E-state index in [1.807, 2.05) is 64.2 Å². The standard InChI is InChI=1S/C27H29N3O4/c1-3-4-15-30-25(31)13-12-21(26(30)20-9-5-6-11-24(20)33-2)27(32)34-18-19-17-29-14-8-7-10-23(29)22(19)16-28/h5-11,14,17,21,26H,3-4,12-13,15,18H2,1-2H3/t21-,26+/m0/s1. The molecule has 0 spiro atoms. The highest BCUT2D eigenvalue weighted by Crippen LogP contribution is 2.41. The monoisotopic (exact) mass is 459 g/mol. The lowest BCUT2D eigenvalue weighted by Crippen LogP contribution is -2.46. The summed E-state index contributed by atoms with van der Waals surface area (Å²) in [6.45, 7) is 2.65. The fraction of sp³-hybridized carbons (Fsp3) is 0.370. The zero-order chi connectivity index (χ0) is 24.1. The van der Waals surface area contributed by atoms with Crippen LogP contribution < -0.4 is 4.74 Å². The van der Waals surface area contributed by atoms with Crippen molar-refractivity contribution in [2.24, 2.45) is 5.92 Å². The van der Waals surface area contributed by atoms with Crippen molar-refractivity contribution in [3.8, 4) is 11.8 Å². The Balaban J connectivity index is 1.62. The molecule has 0 radical (unpaired) electrons. The zero-order valence-corrected chi connectivity index (χ0v) is 19.6. The lowest BCUT2D eigenvalue weighted by atomic mass is 9.83. The number of nitriles is 1. The number of unbranched alkanes of at least 4 members (excludes halogenated alkanes) is 1. The number of pyridine rings is 1. The van der Waals surface area contributed by atoms with E-state index in [9.17, 15) is 14.9 Å². The van der Waals surface area contributed by atoms with Gasteiger partial charge in [-0.2, -0.15) is 5.26 Å². The number of hydrogen-bond donors (Lipinski definition) is 0. The average molecular weight is 460 g/mol. The topological polar surface area (TPSA) is 84.0 Å². The van der Waals surface area contributed by atoms with Gasteiger partial charge in [-0.05, 0) is 31.0 Å². The van der Waals surface area contributed by atoms with Crippen molar-refractivity contribution in [1.29, 1.82) is 5.26 Å². The molecule has 0 aliphatic carbocycles. The van der Waals surface area contributed by atoms with Gasteiger partial charge in [0.2, 0.25) is 5.91 Å². The summed E-state index contributed by atoms with van der Waals surface area (Å²) in [6, 6.07) is 14.9. The number of piperidine rings is 1. The largest absolute Gasteiger partial charge is 0.496 e. The summed E-state index contributed by atoms with van der Waals surface area (Å²) < 4.78 is 13.2. The minimum atomic E-state index is -0.520. The van der Waals surface area contributed by atoms with Crippen LogP contribution in [0, 0.1) is 17.2 Å².